The number of benzene rings is 1. The Hall–Kier alpha value is -2.77. The third kappa shape index (κ3) is 3.76. The number of hydrogen-bond acceptors (Lipinski definition) is 4. The Morgan fingerprint density at radius 3 is 2.75 bits per heavy atom. The van der Waals surface area contributed by atoms with E-state index in [1.807, 2.05) is 25.1 Å². The number of carbonyl (C=O) groups excluding carboxylic acids is 2. The lowest BCUT2D eigenvalue weighted by Crippen LogP contribution is -2.38. The van der Waals surface area contributed by atoms with E-state index in [1.165, 1.54) is 0 Å². The van der Waals surface area contributed by atoms with Gasteiger partial charge in [0.2, 0.25) is 0 Å². The molecular formula is C20H24FN5O2. The average Bonchev–Trinajstić information content (AvgIpc) is 3.42. The first-order valence-corrected chi connectivity index (χ1v) is 9.72. The molecule has 0 saturated carbocycles. The summed E-state index contributed by atoms with van der Waals surface area (Å²) in [5.41, 5.74) is 1.84. The predicted octanol–water partition coefficient (Wildman–Crippen LogP) is 2.08. The van der Waals surface area contributed by atoms with Crippen molar-refractivity contribution in [1.29, 1.82) is 0 Å². The number of nitrogens with zero attached hydrogens (tertiary/aromatic N) is 5. The summed E-state index contributed by atoms with van der Waals surface area (Å²) in [6.45, 7) is 3.81. The maximum Gasteiger partial charge on any atom is 0.276 e. The molecule has 1 aromatic heterocycles. The molecule has 0 spiro atoms. The van der Waals surface area contributed by atoms with Crippen molar-refractivity contribution in [1.82, 2.24) is 24.8 Å². The topological polar surface area (TPSA) is 71.3 Å². The van der Waals surface area contributed by atoms with Crippen LogP contribution in [0.25, 0.3) is 0 Å². The first-order chi connectivity index (χ1) is 13.5. The average molecular weight is 385 g/mol. The van der Waals surface area contributed by atoms with Gasteiger partial charge in [-0.2, -0.15) is 0 Å². The zero-order chi connectivity index (χ0) is 19.7. The number of carbonyl (C=O) groups is 2. The van der Waals surface area contributed by atoms with Crippen LogP contribution in [0.5, 0.6) is 0 Å². The number of alkyl halides is 1. The quantitative estimate of drug-likeness (QED) is 0.808. The highest BCUT2D eigenvalue weighted by Crippen LogP contribution is 2.24. The maximum absolute atomic E-state index is 14.1. The Morgan fingerprint density at radius 2 is 2.00 bits per heavy atom. The van der Waals surface area contributed by atoms with Crippen molar-refractivity contribution in [2.75, 3.05) is 19.6 Å². The Balaban J connectivity index is 1.47. The van der Waals surface area contributed by atoms with Crippen LogP contribution in [-0.4, -0.2) is 68.5 Å². The molecule has 8 heteroatoms. The molecule has 2 aliphatic rings. The fourth-order valence-electron chi connectivity index (χ4n) is 4.01. The molecule has 0 bridgehead atoms. The summed E-state index contributed by atoms with van der Waals surface area (Å²) in [6.07, 6.45) is 2.81. The Labute approximate surface area is 163 Å². The third-order valence-electron chi connectivity index (χ3n) is 5.44. The molecule has 2 amide bonds. The Kier molecular flexibility index (Phi) is 5.11. The largest absolute Gasteiger partial charge is 0.337 e. The van der Waals surface area contributed by atoms with Crippen molar-refractivity contribution in [2.45, 2.75) is 44.9 Å². The molecule has 28 heavy (non-hydrogen) atoms. The number of aryl methyl sites for hydroxylation is 1. The van der Waals surface area contributed by atoms with E-state index in [9.17, 15) is 14.0 Å². The molecule has 7 nitrogen and oxygen atoms in total. The number of likely N-dealkylation sites (tertiary alicyclic amines) is 2. The number of halogens is 1. The molecule has 0 N–H and O–H groups in total. The molecule has 2 aromatic rings. The number of amides is 2. The second-order valence-electron chi connectivity index (χ2n) is 7.64. The van der Waals surface area contributed by atoms with Crippen LogP contribution in [0.15, 0.2) is 30.5 Å². The zero-order valence-electron chi connectivity index (χ0n) is 15.9. The van der Waals surface area contributed by atoms with Crippen LogP contribution in [-0.2, 0) is 6.54 Å². The van der Waals surface area contributed by atoms with Gasteiger partial charge in [0.25, 0.3) is 11.8 Å². The van der Waals surface area contributed by atoms with E-state index in [4.69, 9.17) is 0 Å². The van der Waals surface area contributed by atoms with Gasteiger partial charge in [-0.3, -0.25) is 9.59 Å². The van der Waals surface area contributed by atoms with Crippen molar-refractivity contribution in [2.24, 2.45) is 0 Å². The Bertz CT molecular complexity index is 877. The molecule has 2 saturated heterocycles. The monoisotopic (exact) mass is 385 g/mol. The van der Waals surface area contributed by atoms with Gasteiger partial charge in [0.15, 0.2) is 5.69 Å². The van der Waals surface area contributed by atoms with Gasteiger partial charge in [-0.05, 0) is 31.9 Å². The standard InChI is InChI=1S/C20H24FN5O2/c1-14-5-4-6-15(9-14)19(27)26-11-16(21)10-17(26)12-25-13-18(22-23-25)20(28)24-7-2-3-8-24/h4-6,9,13,16-17H,2-3,7-8,10-12H2,1H3. The minimum absolute atomic E-state index is 0.0751. The lowest BCUT2D eigenvalue weighted by molar-refractivity contribution is 0.0713. The molecule has 1 aromatic carbocycles. The second-order valence-corrected chi connectivity index (χ2v) is 7.64. The van der Waals surface area contributed by atoms with Crippen molar-refractivity contribution >= 4 is 11.8 Å². The summed E-state index contributed by atoms with van der Waals surface area (Å²) < 4.78 is 15.7. The van der Waals surface area contributed by atoms with Crippen molar-refractivity contribution in [3.05, 3.63) is 47.3 Å². The van der Waals surface area contributed by atoms with Gasteiger partial charge in [-0.25, -0.2) is 9.07 Å². The van der Waals surface area contributed by atoms with Gasteiger partial charge < -0.3 is 9.80 Å². The molecule has 2 aliphatic heterocycles. The van der Waals surface area contributed by atoms with Gasteiger partial charge in [-0.15, -0.1) is 5.10 Å². The number of hydrogen-bond donors (Lipinski definition) is 0. The van der Waals surface area contributed by atoms with Gasteiger partial charge in [0, 0.05) is 25.1 Å². The van der Waals surface area contributed by atoms with E-state index in [2.05, 4.69) is 10.3 Å². The van der Waals surface area contributed by atoms with Crippen LogP contribution in [0.4, 0.5) is 4.39 Å². The van der Waals surface area contributed by atoms with Crippen molar-refractivity contribution in [3.8, 4) is 0 Å². The minimum Gasteiger partial charge on any atom is -0.337 e. The van der Waals surface area contributed by atoms with Crippen molar-refractivity contribution < 1.29 is 14.0 Å². The van der Waals surface area contributed by atoms with Crippen LogP contribution in [0.2, 0.25) is 0 Å². The number of rotatable bonds is 4. The lowest BCUT2D eigenvalue weighted by Gasteiger charge is -2.24. The highest BCUT2D eigenvalue weighted by atomic mass is 19.1. The zero-order valence-corrected chi connectivity index (χ0v) is 15.9. The first-order valence-electron chi connectivity index (χ1n) is 9.72. The summed E-state index contributed by atoms with van der Waals surface area (Å²) in [5, 5.41) is 8.02. The summed E-state index contributed by atoms with van der Waals surface area (Å²) in [5.74, 6) is -0.298. The summed E-state index contributed by atoms with van der Waals surface area (Å²) in [4.78, 5) is 28.7. The predicted molar refractivity (Wildman–Crippen MR) is 101 cm³/mol. The van der Waals surface area contributed by atoms with Crippen LogP contribution >= 0.6 is 0 Å². The second kappa shape index (κ2) is 7.69. The van der Waals surface area contributed by atoms with E-state index in [1.54, 1.807) is 26.7 Å². The molecule has 0 radical (unpaired) electrons. The fraction of sp³-hybridized carbons (Fsp3) is 0.500. The van der Waals surface area contributed by atoms with Gasteiger partial charge in [0.1, 0.15) is 6.17 Å². The van der Waals surface area contributed by atoms with Crippen LogP contribution in [0.1, 0.15) is 45.7 Å². The van der Waals surface area contributed by atoms with Crippen molar-refractivity contribution in [3.63, 3.8) is 0 Å². The molecule has 0 aliphatic carbocycles. The van der Waals surface area contributed by atoms with E-state index in [0.29, 0.717) is 17.8 Å². The molecule has 2 atom stereocenters. The third-order valence-corrected chi connectivity index (χ3v) is 5.44. The highest BCUT2D eigenvalue weighted by molar-refractivity contribution is 5.95. The van der Waals surface area contributed by atoms with E-state index in [-0.39, 0.29) is 30.8 Å². The number of aromatic nitrogens is 3. The fourth-order valence-corrected chi connectivity index (χ4v) is 4.01. The lowest BCUT2D eigenvalue weighted by atomic mass is 10.1. The van der Waals surface area contributed by atoms with Crippen LogP contribution in [0.3, 0.4) is 0 Å². The van der Waals surface area contributed by atoms with E-state index in [0.717, 1.165) is 31.5 Å². The first kappa shape index (κ1) is 18.6. The Morgan fingerprint density at radius 1 is 1.21 bits per heavy atom. The molecule has 148 valence electrons. The minimum atomic E-state index is -1.06. The van der Waals surface area contributed by atoms with E-state index < -0.39 is 6.17 Å². The van der Waals surface area contributed by atoms with E-state index >= 15 is 0 Å². The van der Waals surface area contributed by atoms with Gasteiger partial charge >= 0.3 is 0 Å². The highest BCUT2D eigenvalue weighted by Gasteiger charge is 2.36. The molecule has 2 unspecified atom stereocenters. The van der Waals surface area contributed by atoms with Crippen LogP contribution in [0, 0.1) is 6.92 Å². The molecule has 4 rings (SSSR count). The van der Waals surface area contributed by atoms with Gasteiger partial charge in [0.05, 0.1) is 25.3 Å². The summed E-state index contributed by atoms with van der Waals surface area (Å²) in [6, 6.07) is 6.99. The maximum atomic E-state index is 14.1. The summed E-state index contributed by atoms with van der Waals surface area (Å²) in [7, 11) is 0. The van der Waals surface area contributed by atoms with Gasteiger partial charge in [-0.1, -0.05) is 22.9 Å². The molecule has 3 heterocycles. The molecule has 2 fully saturated rings. The van der Waals surface area contributed by atoms with Crippen LogP contribution < -0.4 is 0 Å². The SMILES string of the molecule is Cc1cccc(C(=O)N2CC(F)CC2Cn2cc(C(=O)N3CCCC3)nn2)c1. The summed E-state index contributed by atoms with van der Waals surface area (Å²) >= 11 is 0. The normalized spacial score (nSPS) is 22.1. The molecular weight excluding hydrogens is 361 g/mol. The smallest absolute Gasteiger partial charge is 0.276 e.